The van der Waals surface area contributed by atoms with Gasteiger partial charge in [0, 0.05) is 11.9 Å². The van der Waals surface area contributed by atoms with E-state index in [4.69, 9.17) is 10.5 Å². The smallest absolute Gasteiger partial charge is 0.359 e. The lowest BCUT2D eigenvalue weighted by atomic mass is 10.3. The van der Waals surface area contributed by atoms with E-state index in [0.29, 0.717) is 5.69 Å². The Morgan fingerprint density at radius 2 is 2.17 bits per heavy atom. The number of esters is 1. The molecule has 1 aromatic heterocycles. The normalized spacial score (nSPS) is 10.6. The summed E-state index contributed by atoms with van der Waals surface area (Å²) in [4.78, 5) is 11.6. The fourth-order valence-electron chi connectivity index (χ4n) is 1.52. The fraction of sp³-hybridized carbons (Fsp3) is 0.231. The highest BCUT2D eigenvalue weighted by atomic mass is 16.5. The summed E-state index contributed by atoms with van der Waals surface area (Å²) in [5.41, 5.74) is 7.43. The topological polar surface area (TPSA) is 70.1 Å². The van der Waals surface area contributed by atoms with Crippen LogP contribution >= 0.6 is 0 Å². The van der Waals surface area contributed by atoms with E-state index in [2.05, 4.69) is 5.10 Å². The molecule has 18 heavy (non-hydrogen) atoms. The van der Waals surface area contributed by atoms with E-state index < -0.39 is 5.97 Å². The molecule has 0 aliphatic rings. The molecule has 5 heteroatoms. The van der Waals surface area contributed by atoms with Crippen molar-refractivity contribution in [3.8, 4) is 5.69 Å². The molecule has 2 aromatic rings. The van der Waals surface area contributed by atoms with Gasteiger partial charge in [-0.25, -0.2) is 9.48 Å². The Kier molecular flexibility index (Phi) is 3.32. The van der Waals surface area contributed by atoms with Gasteiger partial charge in [-0.1, -0.05) is 6.07 Å². The zero-order valence-electron chi connectivity index (χ0n) is 10.3. The lowest BCUT2D eigenvalue weighted by molar-refractivity contribution is 0.0370. The zero-order valence-corrected chi connectivity index (χ0v) is 10.3. The molecule has 0 atom stereocenters. The van der Waals surface area contributed by atoms with Crippen LogP contribution in [-0.4, -0.2) is 21.9 Å². The lowest BCUT2D eigenvalue weighted by Crippen LogP contribution is -2.12. The molecule has 2 rings (SSSR count). The monoisotopic (exact) mass is 245 g/mol. The largest absolute Gasteiger partial charge is 0.458 e. The summed E-state index contributed by atoms with van der Waals surface area (Å²) in [5.74, 6) is -0.423. The first kappa shape index (κ1) is 12.2. The van der Waals surface area contributed by atoms with E-state index in [9.17, 15) is 4.79 Å². The van der Waals surface area contributed by atoms with Gasteiger partial charge in [-0.15, -0.1) is 0 Å². The Bertz CT molecular complexity index is 561. The second-order valence-electron chi connectivity index (χ2n) is 4.19. The third-order valence-electron chi connectivity index (χ3n) is 2.28. The molecule has 0 bridgehead atoms. The van der Waals surface area contributed by atoms with Crippen molar-refractivity contribution in [1.29, 1.82) is 0 Å². The number of aromatic nitrogens is 2. The Hall–Kier alpha value is -2.30. The number of nitrogen functional groups attached to an aromatic ring is 1. The Morgan fingerprint density at radius 3 is 2.83 bits per heavy atom. The predicted octanol–water partition coefficient (Wildman–Crippen LogP) is 2.02. The van der Waals surface area contributed by atoms with Crippen LogP contribution in [0.4, 0.5) is 5.69 Å². The number of rotatable bonds is 3. The molecule has 5 nitrogen and oxygen atoms in total. The van der Waals surface area contributed by atoms with Gasteiger partial charge >= 0.3 is 5.97 Å². The quantitative estimate of drug-likeness (QED) is 0.663. The Balaban J connectivity index is 2.23. The van der Waals surface area contributed by atoms with Crippen molar-refractivity contribution < 1.29 is 9.53 Å². The summed E-state index contributed by atoms with van der Waals surface area (Å²) >= 11 is 0. The number of hydrogen-bond donors (Lipinski definition) is 1. The SMILES string of the molecule is CC(C)OC(=O)c1ccn(-c2cccc(N)c2)n1. The van der Waals surface area contributed by atoms with Crippen LogP contribution < -0.4 is 5.73 Å². The predicted molar refractivity (Wildman–Crippen MR) is 68.5 cm³/mol. The number of ether oxygens (including phenoxy) is 1. The molecule has 1 heterocycles. The van der Waals surface area contributed by atoms with Crippen LogP contribution in [0.2, 0.25) is 0 Å². The highest BCUT2D eigenvalue weighted by molar-refractivity contribution is 5.87. The average molecular weight is 245 g/mol. The molecule has 1 aromatic carbocycles. The van der Waals surface area contributed by atoms with Gasteiger partial charge in [0.25, 0.3) is 0 Å². The molecule has 0 spiro atoms. The van der Waals surface area contributed by atoms with E-state index in [0.717, 1.165) is 5.69 Å². The molecule has 0 aliphatic carbocycles. The van der Waals surface area contributed by atoms with Gasteiger partial charge < -0.3 is 10.5 Å². The van der Waals surface area contributed by atoms with Crippen LogP contribution in [0.1, 0.15) is 24.3 Å². The van der Waals surface area contributed by atoms with Crippen LogP contribution in [0.5, 0.6) is 0 Å². The van der Waals surface area contributed by atoms with Gasteiger partial charge in [-0.05, 0) is 38.1 Å². The number of carbonyl (C=O) groups excluding carboxylic acids is 1. The number of hydrogen-bond acceptors (Lipinski definition) is 4. The van der Waals surface area contributed by atoms with Gasteiger partial charge in [-0.2, -0.15) is 5.10 Å². The van der Waals surface area contributed by atoms with Crippen molar-refractivity contribution >= 4 is 11.7 Å². The van der Waals surface area contributed by atoms with E-state index >= 15 is 0 Å². The van der Waals surface area contributed by atoms with Crippen LogP contribution in [0.3, 0.4) is 0 Å². The molecule has 94 valence electrons. The maximum Gasteiger partial charge on any atom is 0.359 e. The highest BCUT2D eigenvalue weighted by Crippen LogP contribution is 2.12. The summed E-state index contributed by atoms with van der Waals surface area (Å²) < 4.78 is 6.66. The summed E-state index contributed by atoms with van der Waals surface area (Å²) in [7, 11) is 0. The van der Waals surface area contributed by atoms with Crippen LogP contribution in [0.15, 0.2) is 36.5 Å². The van der Waals surface area contributed by atoms with Gasteiger partial charge in [-0.3, -0.25) is 0 Å². The molecule has 0 amide bonds. The van der Waals surface area contributed by atoms with Crippen molar-refractivity contribution in [2.75, 3.05) is 5.73 Å². The maximum atomic E-state index is 11.6. The van der Waals surface area contributed by atoms with Gasteiger partial charge in [0.15, 0.2) is 5.69 Å². The molecule has 0 aliphatic heterocycles. The maximum absolute atomic E-state index is 11.6. The molecule has 2 N–H and O–H groups in total. The van der Waals surface area contributed by atoms with E-state index in [1.807, 2.05) is 12.1 Å². The third-order valence-corrected chi connectivity index (χ3v) is 2.28. The Morgan fingerprint density at radius 1 is 1.39 bits per heavy atom. The summed E-state index contributed by atoms with van der Waals surface area (Å²) in [6.45, 7) is 3.60. The van der Waals surface area contributed by atoms with Gasteiger partial charge in [0.2, 0.25) is 0 Å². The third kappa shape index (κ3) is 2.68. The second kappa shape index (κ2) is 4.91. The lowest BCUT2D eigenvalue weighted by Gasteiger charge is -2.05. The van der Waals surface area contributed by atoms with Crippen LogP contribution in [0.25, 0.3) is 5.69 Å². The first-order valence-electron chi connectivity index (χ1n) is 5.69. The first-order valence-corrected chi connectivity index (χ1v) is 5.69. The zero-order chi connectivity index (χ0) is 13.1. The molecular formula is C13H15N3O2. The summed E-state index contributed by atoms with van der Waals surface area (Å²) in [6.07, 6.45) is 1.54. The van der Waals surface area contributed by atoms with Crippen LogP contribution in [-0.2, 0) is 4.74 Å². The summed E-state index contributed by atoms with van der Waals surface area (Å²) in [6, 6.07) is 8.89. The Labute approximate surface area is 105 Å². The van der Waals surface area contributed by atoms with E-state index in [1.54, 1.807) is 42.9 Å². The molecule has 0 fully saturated rings. The highest BCUT2D eigenvalue weighted by Gasteiger charge is 2.13. The molecular weight excluding hydrogens is 230 g/mol. The number of anilines is 1. The number of nitrogens with zero attached hydrogens (tertiary/aromatic N) is 2. The minimum atomic E-state index is -0.423. The molecule has 0 unspecified atom stereocenters. The van der Waals surface area contributed by atoms with E-state index in [-0.39, 0.29) is 11.8 Å². The van der Waals surface area contributed by atoms with Crippen LogP contribution in [0, 0.1) is 0 Å². The minimum Gasteiger partial charge on any atom is -0.458 e. The van der Waals surface area contributed by atoms with Crippen molar-refractivity contribution in [2.24, 2.45) is 0 Å². The molecule has 0 saturated carbocycles. The average Bonchev–Trinajstić information content (AvgIpc) is 2.77. The van der Waals surface area contributed by atoms with Crippen molar-refractivity contribution in [3.05, 3.63) is 42.2 Å². The second-order valence-corrected chi connectivity index (χ2v) is 4.19. The minimum absolute atomic E-state index is 0.157. The molecule has 0 saturated heterocycles. The number of benzene rings is 1. The van der Waals surface area contributed by atoms with Crippen molar-refractivity contribution in [3.63, 3.8) is 0 Å². The number of nitrogens with two attached hydrogens (primary N) is 1. The molecule has 0 radical (unpaired) electrons. The van der Waals surface area contributed by atoms with Gasteiger partial charge in [0.1, 0.15) is 0 Å². The standard InChI is InChI=1S/C13H15N3O2/c1-9(2)18-13(17)12-6-7-16(15-12)11-5-3-4-10(14)8-11/h3-9H,14H2,1-2H3. The summed E-state index contributed by atoms with van der Waals surface area (Å²) in [5, 5.41) is 4.16. The van der Waals surface area contributed by atoms with E-state index in [1.165, 1.54) is 0 Å². The number of carbonyl (C=O) groups is 1. The fourth-order valence-corrected chi connectivity index (χ4v) is 1.52. The first-order chi connectivity index (χ1) is 8.56. The van der Waals surface area contributed by atoms with Crippen molar-refractivity contribution in [1.82, 2.24) is 9.78 Å². The van der Waals surface area contributed by atoms with Gasteiger partial charge in [0.05, 0.1) is 11.8 Å². The van der Waals surface area contributed by atoms with Crippen molar-refractivity contribution in [2.45, 2.75) is 20.0 Å².